The molecule has 0 aliphatic heterocycles. The van der Waals surface area contributed by atoms with Gasteiger partial charge in [-0.2, -0.15) is 0 Å². The summed E-state index contributed by atoms with van der Waals surface area (Å²) >= 11 is 0. The number of benzene rings is 3. The van der Waals surface area contributed by atoms with Crippen molar-refractivity contribution in [2.24, 2.45) is 0 Å². The molecule has 0 unspecified atom stereocenters. The lowest BCUT2D eigenvalue weighted by Gasteiger charge is -2.16. The first-order valence-corrected chi connectivity index (χ1v) is 9.91. The van der Waals surface area contributed by atoms with Crippen LogP contribution in [0.5, 0.6) is 0 Å². The molecule has 0 spiro atoms. The van der Waals surface area contributed by atoms with Gasteiger partial charge < -0.3 is 0 Å². The molecule has 3 aromatic carbocycles. The predicted molar refractivity (Wildman–Crippen MR) is 124 cm³/mol. The summed E-state index contributed by atoms with van der Waals surface area (Å²) in [6, 6.07) is 24.0. The van der Waals surface area contributed by atoms with Gasteiger partial charge in [0.2, 0.25) is 0 Å². The highest BCUT2D eigenvalue weighted by molar-refractivity contribution is 5.87. The van der Waals surface area contributed by atoms with Gasteiger partial charge in [-0.1, -0.05) is 105 Å². The van der Waals surface area contributed by atoms with E-state index < -0.39 is 0 Å². The van der Waals surface area contributed by atoms with Gasteiger partial charge in [0.05, 0.1) is 0 Å². The van der Waals surface area contributed by atoms with Gasteiger partial charge in [-0.25, -0.2) is 0 Å². The molecule has 0 aliphatic rings. The van der Waals surface area contributed by atoms with E-state index in [-0.39, 0.29) is 0 Å². The monoisotopic (exact) mass is 364 g/mol. The summed E-state index contributed by atoms with van der Waals surface area (Å²) in [6.07, 6.45) is 9.28. The highest BCUT2D eigenvalue weighted by Crippen LogP contribution is 2.36. The van der Waals surface area contributed by atoms with Gasteiger partial charge in [-0.05, 0) is 64.8 Å². The van der Waals surface area contributed by atoms with E-state index >= 15 is 0 Å². The SMILES string of the molecule is C=C/C=C(\C=C/CC)c1ccc(-c2cccc(C)c2-c2ccccc2C)cc1. The normalized spacial score (nSPS) is 11.8. The number of allylic oxidation sites excluding steroid dienone is 5. The Bertz CT molecular complexity index is 1010. The largest absolute Gasteiger partial charge is 0.0990 e. The molecule has 3 aromatic rings. The van der Waals surface area contributed by atoms with Crippen LogP contribution in [0.25, 0.3) is 27.8 Å². The second-order valence-electron chi connectivity index (χ2n) is 7.06. The van der Waals surface area contributed by atoms with Crippen LogP contribution in [0.4, 0.5) is 0 Å². The Morgan fingerprint density at radius 3 is 2.18 bits per heavy atom. The van der Waals surface area contributed by atoms with Crippen LogP contribution in [0.2, 0.25) is 0 Å². The first-order valence-electron chi connectivity index (χ1n) is 9.91. The first kappa shape index (κ1) is 19.6. The standard InChI is InChI=1S/C28H28/c1-5-7-14-23(11-6-2)24-17-19-25(20-18-24)27-16-10-13-22(4)28(27)26-15-9-8-12-21(26)3/h6-20H,2,5H2,1,3-4H3/b14-7-,23-11+. The molecule has 0 N–H and O–H groups in total. The topological polar surface area (TPSA) is 0 Å². The summed E-state index contributed by atoms with van der Waals surface area (Å²) < 4.78 is 0. The molecule has 0 nitrogen and oxygen atoms in total. The Hall–Kier alpha value is -3.12. The second kappa shape index (κ2) is 9.19. The number of aryl methyl sites for hydroxylation is 2. The number of hydrogen-bond acceptors (Lipinski definition) is 0. The Morgan fingerprint density at radius 1 is 0.821 bits per heavy atom. The third-order valence-electron chi connectivity index (χ3n) is 5.05. The minimum Gasteiger partial charge on any atom is -0.0990 e. The van der Waals surface area contributed by atoms with Gasteiger partial charge in [0.15, 0.2) is 0 Å². The highest BCUT2D eigenvalue weighted by atomic mass is 14.2. The molecule has 0 saturated carbocycles. The number of hydrogen-bond donors (Lipinski definition) is 0. The third-order valence-corrected chi connectivity index (χ3v) is 5.05. The fourth-order valence-electron chi connectivity index (χ4n) is 3.58. The Kier molecular flexibility index (Phi) is 6.45. The van der Waals surface area contributed by atoms with Crippen LogP contribution in [-0.2, 0) is 0 Å². The first-order chi connectivity index (χ1) is 13.7. The Morgan fingerprint density at radius 2 is 1.50 bits per heavy atom. The lowest BCUT2D eigenvalue weighted by molar-refractivity contribution is 1.22. The van der Waals surface area contributed by atoms with E-state index in [2.05, 4.69) is 112 Å². The molecule has 0 saturated heterocycles. The van der Waals surface area contributed by atoms with Crippen molar-refractivity contribution in [3.8, 4) is 22.3 Å². The van der Waals surface area contributed by atoms with Crippen LogP contribution < -0.4 is 0 Å². The lowest BCUT2D eigenvalue weighted by atomic mass is 9.88. The average molecular weight is 365 g/mol. The van der Waals surface area contributed by atoms with E-state index in [0.29, 0.717) is 0 Å². The van der Waals surface area contributed by atoms with E-state index in [1.54, 1.807) is 0 Å². The zero-order chi connectivity index (χ0) is 19.9. The fraction of sp³-hybridized carbons (Fsp3) is 0.143. The van der Waals surface area contributed by atoms with Crippen molar-refractivity contribution in [1.29, 1.82) is 0 Å². The molecule has 0 bridgehead atoms. The fourth-order valence-corrected chi connectivity index (χ4v) is 3.58. The van der Waals surface area contributed by atoms with Gasteiger partial charge in [-0.15, -0.1) is 0 Å². The van der Waals surface area contributed by atoms with Crippen molar-refractivity contribution in [3.05, 3.63) is 114 Å². The van der Waals surface area contributed by atoms with Crippen LogP contribution in [0.15, 0.2) is 97.6 Å². The van der Waals surface area contributed by atoms with Crippen LogP contribution in [0, 0.1) is 13.8 Å². The maximum absolute atomic E-state index is 3.85. The quantitative estimate of drug-likeness (QED) is 0.387. The average Bonchev–Trinajstić information content (AvgIpc) is 2.72. The summed E-state index contributed by atoms with van der Waals surface area (Å²) in [6.45, 7) is 10.4. The van der Waals surface area contributed by atoms with Crippen LogP contribution in [0.1, 0.15) is 30.0 Å². The minimum absolute atomic E-state index is 1.02. The molecule has 0 aromatic heterocycles. The van der Waals surface area contributed by atoms with Gasteiger partial charge in [0, 0.05) is 0 Å². The summed E-state index contributed by atoms with van der Waals surface area (Å²) in [4.78, 5) is 0. The van der Waals surface area contributed by atoms with Crippen molar-refractivity contribution in [1.82, 2.24) is 0 Å². The molecular weight excluding hydrogens is 336 g/mol. The second-order valence-corrected chi connectivity index (χ2v) is 7.06. The summed E-state index contributed by atoms with van der Waals surface area (Å²) in [5.74, 6) is 0. The van der Waals surface area contributed by atoms with Crippen molar-refractivity contribution in [2.45, 2.75) is 27.2 Å². The van der Waals surface area contributed by atoms with Gasteiger partial charge in [0.1, 0.15) is 0 Å². The number of rotatable bonds is 6. The van der Waals surface area contributed by atoms with Crippen LogP contribution in [-0.4, -0.2) is 0 Å². The molecule has 0 radical (unpaired) electrons. The molecular formula is C28H28. The molecule has 0 heteroatoms. The smallest absolute Gasteiger partial charge is 0.00735 e. The highest BCUT2D eigenvalue weighted by Gasteiger charge is 2.12. The van der Waals surface area contributed by atoms with Gasteiger partial charge >= 0.3 is 0 Å². The van der Waals surface area contributed by atoms with Crippen molar-refractivity contribution < 1.29 is 0 Å². The van der Waals surface area contributed by atoms with E-state index in [1.165, 1.54) is 44.5 Å². The lowest BCUT2D eigenvalue weighted by Crippen LogP contribution is -1.92. The van der Waals surface area contributed by atoms with Gasteiger partial charge in [-0.3, -0.25) is 0 Å². The van der Waals surface area contributed by atoms with E-state index in [0.717, 1.165) is 6.42 Å². The maximum atomic E-state index is 3.85. The summed E-state index contributed by atoms with van der Waals surface area (Å²) in [7, 11) is 0. The Labute approximate surface area is 169 Å². The maximum Gasteiger partial charge on any atom is -0.00735 e. The summed E-state index contributed by atoms with van der Waals surface area (Å²) in [5, 5.41) is 0. The molecule has 140 valence electrons. The van der Waals surface area contributed by atoms with Crippen LogP contribution in [0.3, 0.4) is 0 Å². The molecule has 0 atom stereocenters. The van der Waals surface area contributed by atoms with E-state index in [4.69, 9.17) is 0 Å². The van der Waals surface area contributed by atoms with Crippen molar-refractivity contribution >= 4 is 5.57 Å². The zero-order valence-electron chi connectivity index (χ0n) is 17.1. The van der Waals surface area contributed by atoms with Crippen LogP contribution >= 0.6 is 0 Å². The molecule has 0 aliphatic carbocycles. The third kappa shape index (κ3) is 4.23. The minimum atomic E-state index is 1.02. The summed E-state index contributed by atoms with van der Waals surface area (Å²) in [5.41, 5.74) is 10.1. The Balaban J connectivity index is 2.07. The molecule has 28 heavy (non-hydrogen) atoms. The molecule has 0 fully saturated rings. The molecule has 3 rings (SSSR count). The molecule has 0 amide bonds. The van der Waals surface area contributed by atoms with Crippen molar-refractivity contribution in [3.63, 3.8) is 0 Å². The zero-order valence-corrected chi connectivity index (χ0v) is 17.1. The predicted octanol–water partition coefficient (Wildman–Crippen LogP) is 8.17. The van der Waals surface area contributed by atoms with E-state index in [9.17, 15) is 0 Å². The molecule has 0 heterocycles. The van der Waals surface area contributed by atoms with E-state index in [1.807, 2.05) is 6.08 Å². The van der Waals surface area contributed by atoms with Gasteiger partial charge in [0.25, 0.3) is 0 Å². The van der Waals surface area contributed by atoms with Crippen molar-refractivity contribution in [2.75, 3.05) is 0 Å².